The third-order valence-corrected chi connectivity index (χ3v) is 8.00. The number of thiophene rings is 1. The first-order chi connectivity index (χ1) is 14.1. The molecule has 1 aliphatic rings. The second-order valence-electron chi connectivity index (χ2n) is 7.39. The number of hydrogen-bond donors (Lipinski definition) is 1. The molecule has 0 bridgehead atoms. The summed E-state index contributed by atoms with van der Waals surface area (Å²) >= 11 is 2.96. The van der Waals surface area contributed by atoms with Gasteiger partial charge in [0, 0.05) is 11.4 Å². The van der Waals surface area contributed by atoms with Crippen molar-refractivity contribution in [2.24, 2.45) is 5.73 Å². The summed E-state index contributed by atoms with van der Waals surface area (Å²) in [6.45, 7) is 2.46. The number of primary amides is 1. The number of hydrogen-bond acceptors (Lipinski definition) is 5. The number of carbonyl (C=O) groups excluding carboxylic acids is 1. The van der Waals surface area contributed by atoms with Gasteiger partial charge in [0.25, 0.3) is 5.56 Å². The van der Waals surface area contributed by atoms with Gasteiger partial charge in [-0.25, -0.2) is 4.98 Å². The first-order valence-electron chi connectivity index (χ1n) is 10.1. The minimum Gasteiger partial charge on any atom is -0.369 e. The number of carbonyl (C=O) groups is 1. The highest BCUT2D eigenvalue weighted by atomic mass is 32.2. The molecule has 0 aliphatic heterocycles. The van der Waals surface area contributed by atoms with Gasteiger partial charge < -0.3 is 5.73 Å². The van der Waals surface area contributed by atoms with Gasteiger partial charge in [0.15, 0.2) is 5.16 Å². The zero-order valence-electron chi connectivity index (χ0n) is 16.5. The zero-order chi connectivity index (χ0) is 20.4. The predicted molar refractivity (Wildman–Crippen MR) is 120 cm³/mol. The molecular weight excluding hydrogens is 402 g/mol. The van der Waals surface area contributed by atoms with E-state index in [1.807, 2.05) is 25.1 Å². The summed E-state index contributed by atoms with van der Waals surface area (Å²) in [5, 5.41) is 0.994. The third kappa shape index (κ3) is 4.12. The van der Waals surface area contributed by atoms with Gasteiger partial charge in [-0.05, 0) is 49.7 Å². The molecule has 0 saturated carbocycles. The Labute approximate surface area is 178 Å². The minimum absolute atomic E-state index is 0.0205. The van der Waals surface area contributed by atoms with Crippen molar-refractivity contribution in [1.82, 2.24) is 9.55 Å². The van der Waals surface area contributed by atoms with Crippen LogP contribution in [0.25, 0.3) is 10.2 Å². The highest BCUT2D eigenvalue weighted by Crippen LogP contribution is 2.35. The Balaban J connectivity index is 1.79. The van der Waals surface area contributed by atoms with Gasteiger partial charge in [0.1, 0.15) is 4.83 Å². The summed E-state index contributed by atoms with van der Waals surface area (Å²) < 4.78 is 1.76. The molecule has 2 heterocycles. The summed E-state index contributed by atoms with van der Waals surface area (Å²) in [5.41, 5.74) is 7.95. The third-order valence-electron chi connectivity index (χ3n) is 5.44. The molecule has 0 radical (unpaired) electrons. The number of benzene rings is 1. The van der Waals surface area contributed by atoms with E-state index in [4.69, 9.17) is 10.7 Å². The maximum absolute atomic E-state index is 13.5. The molecule has 29 heavy (non-hydrogen) atoms. The highest BCUT2D eigenvalue weighted by molar-refractivity contribution is 8.00. The van der Waals surface area contributed by atoms with Crippen LogP contribution < -0.4 is 11.3 Å². The molecule has 152 valence electrons. The molecule has 0 spiro atoms. The molecule has 1 unspecified atom stereocenters. The molecule has 7 heteroatoms. The van der Waals surface area contributed by atoms with Gasteiger partial charge in [-0.3, -0.25) is 14.2 Å². The smallest absolute Gasteiger partial charge is 0.263 e. The SMILES string of the molecule is CCC(Sc1nc2sc3c(c2c(=O)n1CCc1ccccc1)CCCC3)C(N)=O. The lowest BCUT2D eigenvalue weighted by Crippen LogP contribution is -2.29. The Morgan fingerprint density at radius 3 is 2.76 bits per heavy atom. The summed E-state index contributed by atoms with van der Waals surface area (Å²) in [5.74, 6) is -0.369. The van der Waals surface area contributed by atoms with Crippen LogP contribution in [0.4, 0.5) is 0 Å². The lowest BCUT2D eigenvalue weighted by Gasteiger charge is -2.16. The van der Waals surface area contributed by atoms with Crippen molar-refractivity contribution < 1.29 is 4.79 Å². The Hall–Kier alpha value is -2.12. The van der Waals surface area contributed by atoms with Crippen LogP contribution in [0.3, 0.4) is 0 Å². The highest BCUT2D eigenvalue weighted by Gasteiger charge is 2.24. The molecule has 1 amide bonds. The van der Waals surface area contributed by atoms with E-state index in [9.17, 15) is 9.59 Å². The van der Waals surface area contributed by atoms with E-state index < -0.39 is 5.25 Å². The van der Waals surface area contributed by atoms with E-state index in [1.165, 1.54) is 34.2 Å². The van der Waals surface area contributed by atoms with Crippen molar-refractivity contribution in [2.75, 3.05) is 0 Å². The Morgan fingerprint density at radius 2 is 2.03 bits per heavy atom. The number of rotatable bonds is 7. The van der Waals surface area contributed by atoms with Gasteiger partial charge in [0.2, 0.25) is 5.91 Å². The predicted octanol–water partition coefficient (Wildman–Crippen LogP) is 3.94. The van der Waals surface area contributed by atoms with Crippen molar-refractivity contribution in [3.63, 3.8) is 0 Å². The molecule has 1 atom stereocenters. The second kappa shape index (κ2) is 8.71. The molecule has 0 saturated heterocycles. The van der Waals surface area contributed by atoms with Gasteiger partial charge in [-0.15, -0.1) is 11.3 Å². The van der Waals surface area contributed by atoms with E-state index >= 15 is 0 Å². The fourth-order valence-corrected chi connectivity index (χ4v) is 6.15. The summed E-state index contributed by atoms with van der Waals surface area (Å²) in [4.78, 5) is 32.3. The molecule has 1 aliphatic carbocycles. The van der Waals surface area contributed by atoms with E-state index in [0.29, 0.717) is 18.1 Å². The van der Waals surface area contributed by atoms with Crippen molar-refractivity contribution in [3.8, 4) is 0 Å². The van der Waals surface area contributed by atoms with Crippen molar-refractivity contribution in [3.05, 3.63) is 56.7 Å². The fourth-order valence-electron chi connectivity index (χ4n) is 3.86. The Bertz CT molecular complexity index is 1090. The molecule has 0 fully saturated rings. The molecule has 2 N–H and O–H groups in total. The average Bonchev–Trinajstić information content (AvgIpc) is 3.10. The van der Waals surface area contributed by atoms with Gasteiger partial charge in [0.05, 0.1) is 10.6 Å². The van der Waals surface area contributed by atoms with Crippen LogP contribution in [-0.4, -0.2) is 20.7 Å². The van der Waals surface area contributed by atoms with Crippen LogP contribution in [0, 0.1) is 0 Å². The van der Waals surface area contributed by atoms with Crippen LogP contribution in [0.15, 0.2) is 40.3 Å². The number of aromatic nitrogens is 2. The van der Waals surface area contributed by atoms with Gasteiger partial charge >= 0.3 is 0 Å². The quantitative estimate of drug-likeness (QED) is 0.458. The number of fused-ring (bicyclic) bond motifs is 3. The van der Waals surface area contributed by atoms with Crippen molar-refractivity contribution >= 4 is 39.2 Å². The van der Waals surface area contributed by atoms with Crippen LogP contribution in [-0.2, 0) is 30.6 Å². The monoisotopic (exact) mass is 427 g/mol. The molecular formula is C22H25N3O2S2. The topological polar surface area (TPSA) is 78.0 Å². The second-order valence-corrected chi connectivity index (χ2v) is 9.65. The van der Waals surface area contributed by atoms with E-state index in [1.54, 1.807) is 15.9 Å². The molecule has 2 aromatic heterocycles. The lowest BCUT2D eigenvalue weighted by atomic mass is 9.97. The number of amides is 1. The Morgan fingerprint density at radius 1 is 1.28 bits per heavy atom. The zero-order valence-corrected chi connectivity index (χ0v) is 18.2. The summed E-state index contributed by atoms with van der Waals surface area (Å²) in [6, 6.07) is 10.1. The summed E-state index contributed by atoms with van der Waals surface area (Å²) in [6.07, 6.45) is 5.62. The number of thioether (sulfide) groups is 1. The fraction of sp³-hybridized carbons (Fsp3) is 0.409. The minimum atomic E-state index is -0.392. The Kier molecular flexibility index (Phi) is 6.06. The maximum atomic E-state index is 13.5. The number of aryl methyl sites for hydroxylation is 3. The summed E-state index contributed by atoms with van der Waals surface area (Å²) in [7, 11) is 0. The van der Waals surface area contributed by atoms with E-state index in [2.05, 4.69) is 12.1 Å². The molecule has 1 aromatic carbocycles. The van der Waals surface area contributed by atoms with E-state index in [-0.39, 0.29) is 11.5 Å². The largest absolute Gasteiger partial charge is 0.369 e. The van der Waals surface area contributed by atoms with Gasteiger partial charge in [-0.1, -0.05) is 49.0 Å². The average molecular weight is 428 g/mol. The first kappa shape index (κ1) is 20.2. The number of nitrogens with zero attached hydrogens (tertiary/aromatic N) is 2. The molecule has 3 aromatic rings. The van der Waals surface area contributed by atoms with Crippen LogP contribution in [0.2, 0.25) is 0 Å². The maximum Gasteiger partial charge on any atom is 0.263 e. The normalized spacial score (nSPS) is 14.7. The first-order valence-corrected chi connectivity index (χ1v) is 11.8. The van der Waals surface area contributed by atoms with Crippen LogP contribution >= 0.6 is 23.1 Å². The molecule has 4 rings (SSSR count). The van der Waals surface area contributed by atoms with Crippen molar-refractivity contribution in [1.29, 1.82) is 0 Å². The van der Waals surface area contributed by atoms with Crippen molar-refractivity contribution in [2.45, 2.75) is 62.4 Å². The lowest BCUT2D eigenvalue weighted by molar-refractivity contribution is -0.117. The van der Waals surface area contributed by atoms with Crippen LogP contribution in [0.5, 0.6) is 0 Å². The number of nitrogens with two attached hydrogens (primary N) is 1. The standard InChI is InChI=1S/C22H25N3O2S2/c1-2-16(19(23)26)29-22-24-20-18(15-10-6-7-11-17(15)28-20)21(27)25(22)13-12-14-8-4-3-5-9-14/h3-5,8-9,16H,2,6-7,10-13H2,1H3,(H2,23,26). The molecule has 5 nitrogen and oxygen atoms in total. The van der Waals surface area contributed by atoms with Crippen LogP contribution in [0.1, 0.15) is 42.2 Å². The van der Waals surface area contributed by atoms with E-state index in [0.717, 1.165) is 35.9 Å². The van der Waals surface area contributed by atoms with Gasteiger partial charge in [-0.2, -0.15) is 0 Å².